The Morgan fingerprint density at radius 2 is 2.05 bits per heavy atom. The van der Waals surface area contributed by atoms with E-state index in [4.69, 9.17) is 4.74 Å². The minimum atomic E-state index is -0.0417. The highest BCUT2D eigenvalue weighted by molar-refractivity contribution is 5.72. The van der Waals surface area contributed by atoms with Gasteiger partial charge in [-0.2, -0.15) is 0 Å². The first-order chi connectivity index (χ1) is 10.2. The molecule has 3 heteroatoms. The molecule has 0 amide bonds. The molecule has 2 rings (SSSR count). The number of hydrogen-bond acceptors (Lipinski definition) is 3. The summed E-state index contributed by atoms with van der Waals surface area (Å²) < 4.78 is 4.85. The monoisotopic (exact) mass is 293 g/mol. The van der Waals surface area contributed by atoms with Crippen LogP contribution in [0.1, 0.15) is 64.7 Å². The molecule has 1 unspecified atom stereocenters. The van der Waals surface area contributed by atoms with Crippen molar-refractivity contribution in [2.45, 2.75) is 64.7 Å². The van der Waals surface area contributed by atoms with Crippen LogP contribution in [0.15, 0.2) is 11.8 Å². The Morgan fingerprint density at radius 1 is 1.29 bits per heavy atom. The molecule has 3 nitrogen and oxygen atoms in total. The van der Waals surface area contributed by atoms with Gasteiger partial charge in [-0.1, -0.05) is 38.7 Å². The summed E-state index contributed by atoms with van der Waals surface area (Å²) in [6.45, 7) is 4.71. The van der Waals surface area contributed by atoms with Crippen LogP contribution in [-0.4, -0.2) is 31.1 Å². The maximum Gasteiger partial charge on any atom is 0.308 e. The molecular weight excluding hydrogens is 262 g/mol. The van der Waals surface area contributed by atoms with Crippen LogP contribution < -0.4 is 0 Å². The minimum Gasteiger partial charge on any atom is -0.469 e. The number of ether oxygens (including phenoxy) is 1. The van der Waals surface area contributed by atoms with Crippen molar-refractivity contribution in [3.63, 3.8) is 0 Å². The minimum absolute atomic E-state index is 0.0417. The molecule has 0 saturated carbocycles. The molecule has 1 heterocycles. The van der Waals surface area contributed by atoms with E-state index in [0.717, 1.165) is 25.2 Å². The largest absolute Gasteiger partial charge is 0.469 e. The first kappa shape index (κ1) is 16.4. The van der Waals surface area contributed by atoms with E-state index in [2.05, 4.69) is 17.9 Å². The number of piperidine rings is 1. The van der Waals surface area contributed by atoms with Crippen molar-refractivity contribution >= 4 is 5.97 Å². The Labute approximate surface area is 129 Å². The number of unbranched alkanes of at least 4 members (excludes halogenated alkanes) is 2. The number of carbonyl (C=O) groups is 1. The topological polar surface area (TPSA) is 29.5 Å². The van der Waals surface area contributed by atoms with E-state index >= 15 is 0 Å². The number of likely N-dealkylation sites (tertiary alicyclic amines) is 1. The van der Waals surface area contributed by atoms with Crippen molar-refractivity contribution < 1.29 is 9.53 Å². The normalized spacial score (nSPS) is 23.8. The third-order valence-corrected chi connectivity index (χ3v) is 5.16. The fraction of sp³-hybridized carbons (Fsp3) is 0.833. The third-order valence-electron chi connectivity index (χ3n) is 5.16. The van der Waals surface area contributed by atoms with E-state index in [1.165, 1.54) is 64.4 Å². The number of esters is 1. The fourth-order valence-electron chi connectivity index (χ4n) is 3.68. The van der Waals surface area contributed by atoms with Gasteiger partial charge >= 0.3 is 5.97 Å². The number of hydrogen-bond donors (Lipinski definition) is 0. The fourth-order valence-corrected chi connectivity index (χ4v) is 3.68. The van der Waals surface area contributed by atoms with Gasteiger partial charge in [-0.25, -0.2) is 0 Å². The first-order valence-corrected chi connectivity index (χ1v) is 8.76. The summed E-state index contributed by atoms with van der Waals surface area (Å²) in [6.07, 6.45) is 13.4. The zero-order valence-corrected chi connectivity index (χ0v) is 13.8. The number of nitrogens with zero attached hydrogens (tertiary/aromatic N) is 1. The van der Waals surface area contributed by atoms with Gasteiger partial charge in [-0.3, -0.25) is 4.79 Å². The molecule has 1 saturated heterocycles. The molecule has 0 radical (unpaired) electrons. The van der Waals surface area contributed by atoms with Gasteiger partial charge < -0.3 is 9.64 Å². The molecule has 1 aliphatic carbocycles. The van der Waals surface area contributed by atoms with E-state index in [-0.39, 0.29) is 11.9 Å². The number of methoxy groups -OCH3 is 1. The first-order valence-electron chi connectivity index (χ1n) is 8.76. The zero-order chi connectivity index (χ0) is 15.1. The van der Waals surface area contributed by atoms with Gasteiger partial charge in [-0.15, -0.1) is 0 Å². The average Bonchev–Trinajstić information content (AvgIpc) is 2.55. The molecule has 0 aromatic rings. The second kappa shape index (κ2) is 8.45. The maximum absolute atomic E-state index is 11.6. The zero-order valence-electron chi connectivity index (χ0n) is 13.8. The quantitative estimate of drug-likeness (QED) is 0.544. The summed E-state index contributed by atoms with van der Waals surface area (Å²) in [7, 11) is 1.49. The Kier molecular flexibility index (Phi) is 6.59. The molecular formula is C18H31NO2. The Bertz CT molecular complexity index is 356. The van der Waals surface area contributed by atoms with Gasteiger partial charge in [-0.05, 0) is 38.0 Å². The molecule has 0 spiro atoms. The Morgan fingerprint density at radius 3 is 2.62 bits per heavy atom. The van der Waals surface area contributed by atoms with Crippen molar-refractivity contribution in [3.05, 3.63) is 11.8 Å². The van der Waals surface area contributed by atoms with Crippen molar-refractivity contribution in [2.24, 2.45) is 11.8 Å². The van der Waals surface area contributed by atoms with Crippen LogP contribution >= 0.6 is 0 Å². The van der Waals surface area contributed by atoms with Gasteiger partial charge in [0.25, 0.3) is 0 Å². The van der Waals surface area contributed by atoms with Gasteiger partial charge in [0.2, 0.25) is 0 Å². The summed E-state index contributed by atoms with van der Waals surface area (Å²) >= 11 is 0. The van der Waals surface area contributed by atoms with E-state index < -0.39 is 0 Å². The summed E-state index contributed by atoms with van der Waals surface area (Å²) in [5.74, 6) is 0.991. The molecule has 1 atom stereocenters. The second-order valence-electron chi connectivity index (χ2n) is 6.62. The lowest BCUT2D eigenvalue weighted by molar-refractivity contribution is -0.145. The summed E-state index contributed by atoms with van der Waals surface area (Å²) in [5, 5.41) is 0. The van der Waals surface area contributed by atoms with Gasteiger partial charge in [0.15, 0.2) is 0 Å². The molecule has 0 aromatic carbocycles. The van der Waals surface area contributed by atoms with Gasteiger partial charge in [0.05, 0.1) is 13.0 Å². The van der Waals surface area contributed by atoms with Crippen molar-refractivity contribution in [1.29, 1.82) is 0 Å². The van der Waals surface area contributed by atoms with Crippen LogP contribution in [0.4, 0.5) is 0 Å². The molecule has 120 valence electrons. The predicted molar refractivity (Wildman–Crippen MR) is 85.9 cm³/mol. The lowest BCUT2D eigenvalue weighted by atomic mass is 9.88. The van der Waals surface area contributed by atoms with E-state index in [9.17, 15) is 4.79 Å². The van der Waals surface area contributed by atoms with Crippen LogP contribution in [0.5, 0.6) is 0 Å². The van der Waals surface area contributed by atoms with Crippen LogP contribution in [-0.2, 0) is 9.53 Å². The Hall–Kier alpha value is -0.990. The second-order valence-corrected chi connectivity index (χ2v) is 6.62. The van der Waals surface area contributed by atoms with Crippen molar-refractivity contribution in [3.8, 4) is 0 Å². The van der Waals surface area contributed by atoms with E-state index in [1.807, 2.05) is 0 Å². The van der Waals surface area contributed by atoms with Crippen LogP contribution in [0.25, 0.3) is 0 Å². The highest BCUT2D eigenvalue weighted by atomic mass is 16.5. The summed E-state index contributed by atoms with van der Waals surface area (Å²) in [6, 6.07) is 0. The maximum atomic E-state index is 11.6. The van der Waals surface area contributed by atoms with Crippen LogP contribution in [0.2, 0.25) is 0 Å². The predicted octanol–water partition coefficient (Wildman–Crippen LogP) is 4.14. The van der Waals surface area contributed by atoms with Crippen LogP contribution in [0.3, 0.4) is 0 Å². The molecule has 0 bridgehead atoms. The average molecular weight is 293 g/mol. The van der Waals surface area contributed by atoms with Gasteiger partial charge in [0, 0.05) is 18.8 Å². The molecule has 1 fully saturated rings. The SMILES string of the molecule is CCCCCC1CCN(C2=CCC(C(=O)OC)CC2)CC1. The molecule has 1 aliphatic heterocycles. The molecule has 0 N–H and O–H groups in total. The van der Waals surface area contributed by atoms with Gasteiger partial charge in [0.1, 0.15) is 0 Å². The molecule has 21 heavy (non-hydrogen) atoms. The lowest BCUT2D eigenvalue weighted by Gasteiger charge is -2.37. The van der Waals surface area contributed by atoms with Crippen molar-refractivity contribution in [1.82, 2.24) is 4.90 Å². The Balaban J connectivity index is 1.73. The number of rotatable bonds is 6. The summed E-state index contributed by atoms with van der Waals surface area (Å²) in [5.41, 5.74) is 1.47. The molecule has 2 aliphatic rings. The highest BCUT2D eigenvalue weighted by Crippen LogP contribution is 2.31. The number of allylic oxidation sites excluding steroid dienone is 2. The van der Waals surface area contributed by atoms with Crippen molar-refractivity contribution in [2.75, 3.05) is 20.2 Å². The molecule has 0 aromatic heterocycles. The van der Waals surface area contributed by atoms with E-state index in [1.54, 1.807) is 0 Å². The smallest absolute Gasteiger partial charge is 0.308 e. The van der Waals surface area contributed by atoms with Crippen LogP contribution in [0, 0.1) is 11.8 Å². The summed E-state index contributed by atoms with van der Waals surface area (Å²) in [4.78, 5) is 14.1. The van der Waals surface area contributed by atoms with E-state index in [0.29, 0.717) is 0 Å². The standard InChI is InChI=1S/C18H31NO2/c1-3-4-5-6-15-11-13-19(14-12-15)17-9-7-16(8-10-17)18(20)21-2/h9,15-16H,3-8,10-14H2,1-2H3. The number of carbonyl (C=O) groups excluding carboxylic acids is 1. The highest BCUT2D eigenvalue weighted by Gasteiger charge is 2.26. The lowest BCUT2D eigenvalue weighted by Crippen LogP contribution is -2.34. The third kappa shape index (κ3) is 4.76.